The second-order valence-corrected chi connectivity index (χ2v) is 6.34. The van der Waals surface area contributed by atoms with Gasteiger partial charge >= 0.3 is 0 Å². The lowest BCUT2D eigenvalue weighted by Gasteiger charge is -1.99. The van der Waals surface area contributed by atoms with E-state index in [-0.39, 0.29) is 12.7 Å². The summed E-state index contributed by atoms with van der Waals surface area (Å²) in [7, 11) is 3.61. The molecule has 0 bridgehead atoms. The van der Waals surface area contributed by atoms with Crippen LogP contribution in [-0.4, -0.2) is 27.0 Å². The minimum Gasteiger partial charge on any atom is -0.454 e. The Bertz CT molecular complexity index is 992. The van der Waals surface area contributed by atoms with Gasteiger partial charge in [-0.2, -0.15) is 10.1 Å². The van der Waals surface area contributed by atoms with Gasteiger partial charge in [-0.3, -0.25) is 9.48 Å². The highest BCUT2D eigenvalue weighted by Crippen LogP contribution is 2.36. The van der Waals surface area contributed by atoms with E-state index in [1.165, 1.54) is 11.3 Å². The zero-order chi connectivity index (χ0) is 16.1. The van der Waals surface area contributed by atoms with Gasteiger partial charge in [0.1, 0.15) is 5.69 Å². The maximum absolute atomic E-state index is 12.5. The molecule has 1 aliphatic rings. The van der Waals surface area contributed by atoms with Crippen molar-refractivity contribution in [2.24, 2.45) is 19.1 Å². The summed E-state index contributed by atoms with van der Waals surface area (Å²) >= 11 is 1.44. The number of thiazole rings is 1. The third-order valence-corrected chi connectivity index (χ3v) is 4.92. The second-order valence-electron chi connectivity index (χ2n) is 5.33. The van der Waals surface area contributed by atoms with Crippen molar-refractivity contribution >= 4 is 27.5 Å². The Morgan fingerprint density at radius 2 is 2.04 bits per heavy atom. The average molecular weight is 330 g/mol. The van der Waals surface area contributed by atoms with Crippen molar-refractivity contribution in [1.82, 2.24) is 14.3 Å². The summed E-state index contributed by atoms with van der Waals surface area (Å²) in [6.45, 7) is 2.09. The monoisotopic (exact) mass is 330 g/mol. The Hall–Kier alpha value is -2.61. The van der Waals surface area contributed by atoms with Crippen molar-refractivity contribution < 1.29 is 14.3 Å². The lowest BCUT2D eigenvalue weighted by molar-refractivity contribution is 0.0988. The Labute approximate surface area is 135 Å². The van der Waals surface area contributed by atoms with Crippen molar-refractivity contribution in [2.75, 3.05) is 6.79 Å². The Kier molecular flexibility index (Phi) is 3.02. The van der Waals surface area contributed by atoms with E-state index in [1.807, 2.05) is 30.7 Å². The summed E-state index contributed by atoms with van der Waals surface area (Å²) in [5, 5.41) is 4.09. The van der Waals surface area contributed by atoms with Crippen LogP contribution < -0.4 is 14.3 Å². The van der Waals surface area contributed by atoms with E-state index in [2.05, 4.69) is 10.1 Å². The van der Waals surface area contributed by atoms with Gasteiger partial charge < -0.3 is 14.0 Å². The van der Waals surface area contributed by atoms with Crippen LogP contribution in [0.25, 0.3) is 10.2 Å². The number of aromatic nitrogens is 3. The minimum absolute atomic E-state index is 0.242. The van der Waals surface area contributed by atoms with Crippen molar-refractivity contribution in [3.63, 3.8) is 0 Å². The number of aryl methyl sites for hydroxylation is 3. The molecule has 8 heteroatoms. The molecule has 0 saturated heterocycles. The third-order valence-electron chi connectivity index (χ3n) is 3.83. The van der Waals surface area contributed by atoms with Crippen LogP contribution in [-0.2, 0) is 14.1 Å². The summed E-state index contributed by atoms with van der Waals surface area (Å²) < 4.78 is 15.2. The van der Waals surface area contributed by atoms with Crippen LogP contribution in [0.15, 0.2) is 23.3 Å². The molecule has 0 fully saturated rings. The predicted octanol–water partition coefficient (Wildman–Crippen LogP) is 1.75. The fourth-order valence-corrected chi connectivity index (χ4v) is 3.65. The summed E-state index contributed by atoms with van der Waals surface area (Å²) in [4.78, 5) is 17.3. The van der Waals surface area contributed by atoms with E-state index in [1.54, 1.807) is 17.9 Å². The molecule has 0 saturated carbocycles. The van der Waals surface area contributed by atoms with Crippen LogP contribution >= 0.6 is 11.3 Å². The maximum atomic E-state index is 12.5. The first-order chi connectivity index (χ1) is 11.0. The first-order valence-corrected chi connectivity index (χ1v) is 7.83. The Morgan fingerprint density at radius 3 is 2.74 bits per heavy atom. The molecule has 0 radical (unpaired) electrons. The normalized spacial score (nSPS) is 14.0. The van der Waals surface area contributed by atoms with Gasteiger partial charge in [-0.1, -0.05) is 11.3 Å². The summed E-state index contributed by atoms with van der Waals surface area (Å²) in [5.41, 5.74) is 2.26. The van der Waals surface area contributed by atoms with Crippen LogP contribution in [0.3, 0.4) is 0 Å². The molecule has 1 amide bonds. The van der Waals surface area contributed by atoms with E-state index in [0.717, 1.165) is 21.5 Å². The standard InChI is InChI=1S/C15H14N4O3S/c1-8-6-16-19(3)13(8)14(20)17-15-18(2)9-4-10-11(22-7-21-10)5-12(9)23-15/h4-6H,7H2,1-3H3. The zero-order valence-corrected chi connectivity index (χ0v) is 13.7. The summed E-state index contributed by atoms with van der Waals surface area (Å²) in [5.74, 6) is 1.13. The van der Waals surface area contributed by atoms with E-state index < -0.39 is 0 Å². The molecule has 4 rings (SSSR count). The van der Waals surface area contributed by atoms with E-state index in [4.69, 9.17) is 9.47 Å². The van der Waals surface area contributed by atoms with Crippen LogP contribution in [0, 0.1) is 6.92 Å². The van der Waals surface area contributed by atoms with Crippen LogP contribution in [0.2, 0.25) is 0 Å². The molecule has 1 aliphatic heterocycles. The lowest BCUT2D eigenvalue weighted by Crippen LogP contribution is -2.15. The lowest BCUT2D eigenvalue weighted by atomic mass is 10.3. The first kappa shape index (κ1) is 14.0. The van der Waals surface area contributed by atoms with Gasteiger partial charge in [-0.15, -0.1) is 0 Å². The molecule has 0 unspecified atom stereocenters. The van der Waals surface area contributed by atoms with Gasteiger partial charge in [0, 0.05) is 31.8 Å². The Morgan fingerprint density at radius 1 is 1.30 bits per heavy atom. The van der Waals surface area contributed by atoms with Crippen molar-refractivity contribution in [2.45, 2.75) is 6.92 Å². The van der Waals surface area contributed by atoms with Crippen LogP contribution in [0.1, 0.15) is 16.1 Å². The van der Waals surface area contributed by atoms with Gasteiger partial charge in [0.25, 0.3) is 5.91 Å². The minimum atomic E-state index is -0.301. The van der Waals surface area contributed by atoms with E-state index in [9.17, 15) is 4.79 Å². The highest BCUT2D eigenvalue weighted by atomic mass is 32.1. The second kappa shape index (κ2) is 4.95. The molecule has 3 heterocycles. The van der Waals surface area contributed by atoms with E-state index >= 15 is 0 Å². The highest BCUT2D eigenvalue weighted by molar-refractivity contribution is 7.16. The number of hydrogen-bond donors (Lipinski definition) is 0. The van der Waals surface area contributed by atoms with Crippen molar-refractivity contribution in [3.8, 4) is 11.5 Å². The molecular formula is C15H14N4O3S. The number of carbonyl (C=O) groups is 1. The number of amides is 1. The number of benzene rings is 1. The smallest absolute Gasteiger partial charge is 0.298 e. The van der Waals surface area contributed by atoms with Crippen LogP contribution in [0.5, 0.6) is 11.5 Å². The third kappa shape index (κ3) is 2.14. The summed E-state index contributed by atoms with van der Waals surface area (Å²) in [6, 6.07) is 3.83. The molecule has 7 nitrogen and oxygen atoms in total. The molecule has 3 aromatic rings. The fraction of sp³-hybridized carbons (Fsp3) is 0.267. The van der Waals surface area contributed by atoms with Gasteiger partial charge in [0.05, 0.1) is 16.4 Å². The van der Waals surface area contributed by atoms with E-state index in [0.29, 0.717) is 16.2 Å². The van der Waals surface area contributed by atoms with Crippen molar-refractivity contribution in [1.29, 1.82) is 0 Å². The Balaban J connectivity index is 1.86. The number of hydrogen-bond acceptors (Lipinski definition) is 5. The zero-order valence-electron chi connectivity index (χ0n) is 12.9. The molecule has 0 N–H and O–H groups in total. The molecule has 1 aromatic carbocycles. The molecule has 118 valence electrons. The molecule has 2 aromatic heterocycles. The number of carbonyl (C=O) groups excluding carboxylic acids is 1. The average Bonchev–Trinajstić information content (AvgIpc) is 3.17. The number of ether oxygens (including phenoxy) is 2. The first-order valence-electron chi connectivity index (χ1n) is 7.01. The highest BCUT2D eigenvalue weighted by Gasteiger charge is 2.18. The number of nitrogens with zero attached hydrogens (tertiary/aromatic N) is 4. The van der Waals surface area contributed by atoms with Gasteiger partial charge in [-0.25, -0.2) is 0 Å². The van der Waals surface area contributed by atoms with Gasteiger partial charge in [0.15, 0.2) is 16.3 Å². The fourth-order valence-electron chi connectivity index (χ4n) is 2.62. The van der Waals surface area contributed by atoms with Gasteiger partial charge in [-0.05, 0) is 6.92 Å². The number of rotatable bonds is 1. The predicted molar refractivity (Wildman–Crippen MR) is 84.8 cm³/mol. The van der Waals surface area contributed by atoms with Gasteiger partial charge in [0.2, 0.25) is 6.79 Å². The molecule has 0 aliphatic carbocycles. The molecule has 0 atom stereocenters. The maximum Gasteiger partial charge on any atom is 0.298 e. The largest absolute Gasteiger partial charge is 0.454 e. The van der Waals surface area contributed by atoms with Crippen LogP contribution in [0.4, 0.5) is 0 Å². The quantitative estimate of drug-likeness (QED) is 0.681. The molecule has 23 heavy (non-hydrogen) atoms. The summed E-state index contributed by atoms with van der Waals surface area (Å²) in [6.07, 6.45) is 1.66. The SMILES string of the molecule is Cc1cnn(C)c1C(=O)N=c1sc2cc3c(cc2n1C)OCO3. The number of fused-ring (bicyclic) bond motifs is 2. The van der Waals surface area contributed by atoms with Crippen molar-refractivity contribution in [3.05, 3.63) is 34.4 Å². The molecule has 0 spiro atoms. The topological polar surface area (TPSA) is 70.6 Å². The molecular weight excluding hydrogens is 316 g/mol.